The molecule has 0 amide bonds. The molecule has 0 heterocycles. The van der Waals surface area contributed by atoms with E-state index in [0.717, 1.165) is 21.2 Å². The van der Waals surface area contributed by atoms with Crippen molar-refractivity contribution in [2.75, 3.05) is 0 Å². The molecule has 92 valence electrons. The number of hydrogen-bond donors (Lipinski definition) is 1. The molecule has 2 nitrogen and oxygen atoms in total. The molecule has 0 aliphatic heterocycles. The summed E-state index contributed by atoms with van der Waals surface area (Å²) in [6.07, 6.45) is 1.75. The van der Waals surface area contributed by atoms with Gasteiger partial charge >= 0.3 is 0 Å². The fourth-order valence-electron chi connectivity index (χ4n) is 1.58. The molecule has 1 N–H and O–H groups in total. The lowest BCUT2D eigenvalue weighted by Gasteiger charge is -2.04. The van der Waals surface area contributed by atoms with Crippen molar-refractivity contribution in [2.45, 2.75) is 13.8 Å². The van der Waals surface area contributed by atoms with Gasteiger partial charge in [-0.2, -0.15) is 0 Å². The maximum Gasteiger partial charge on any atom is 0.141 e. The summed E-state index contributed by atoms with van der Waals surface area (Å²) in [7, 11) is 0. The maximum absolute atomic E-state index is 9.82. The molecule has 0 saturated carbocycles. The first-order chi connectivity index (χ1) is 8.56. The molecule has 0 radical (unpaired) electrons. The van der Waals surface area contributed by atoms with Crippen LogP contribution in [0.25, 0.3) is 0 Å². The van der Waals surface area contributed by atoms with Crippen LogP contribution in [0.3, 0.4) is 0 Å². The molecule has 3 heteroatoms. The quantitative estimate of drug-likeness (QED) is 0.813. The monoisotopic (exact) mass is 303 g/mol. The van der Waals surface area contributed by atoms with Crippen molar-refractivity contribution in [1.29, 1.82) is 0 Å². The van der Waals surface area contributed by atoms with E-state index in [4.69, 9.17) is 0 Å². The van der Waals surface area contributed by atoms with Gasteiger partial charge in [0.2, 0.25) is 0 Å². The van der Waals surface area contributed by atoms with E-state index in [2.05, 4.69) is 20.9 Å². The SMILES string of the molecule is Cc1cc(O)c(N=Cc2ccc(Br)cc2)cc1C. The Hall–Kier alpha value is -1.61. The zero-order valence-corrected chi connectivity index (χ0v) is 11.9. The predicted octanol–water partition coefficient (Wildman–Crippen LogP) is 4.52. The van der Waals surface area contributed by atoms with Gasteiger partial charge in [-0.1, -0.05) is 28.1 Å². The molecule has 0 bridgehead atoms. The van der Waals surface area contributed by atoms with Crippen molar-refractivity contribution >= 4 is 27.8 Å². The van der Waals surface area contributed by atoms with Gasteiger partial charge in [0, 0.05) is 10.7 Å². The van der Waals surface area contributed by atoms with Crippen LogP contribution >= 0.6 is 15.9 Å². The van der Waals surface area contributed by atoms with Crippen LogP contribution in [-0.2, 0) is 0 Å². The Morgan fingerprint density at radius 2 is 1.67 bits per heavy atom. The second-order valence-corrected chi connectivity index (χ2v) is 5.15. The van der Waals surface area contributed by atoms with E-state index in [1.54, 1.807) is 12.3 Å². The zero-order chi connectivity index (χ0) is 13.1. The number of aryl methyl sites for hydroxylation is 2. The van der Waals surface area contributed by atoms with Crippen LogP contribution in [0.5, 0.6) is 5.75 Å². The van der Waals surface area contributed by atoms with Crippen molar-refractivity contribution in [3.8, 4) is 5.75 Å². The number of aromatic hydroxyl groups is 1. The third-order valence-corrected chi connectivity index (χ3v) is 3.34. The Bertz CT molecular complexity index is 588. The highest BCUT2D eigenvalue weighted by Crippen LogP contribution is 2.29. The Balaban J connectivity index is 2.28. The normalized spacial score (nSPS) is 11.1. The predicted molar refractivity (Wildman–Crippen MR) is 79.0 cm³/mol. The number of hydrogen-bond acceptors (Lipinski definition) is 2. The van der Waals surface area contributed by atoms with E-state index < -0.39 is 0 Å². The molecule has 0 atom stereocenters. The van der Waals surface area contributed by atoms with Gasteiger partial charge in [-0.05, 0) is 54.8 Å². The lowest BCUT2D eigenvalue weighted by molar-refractivity contribution is 0.476. The molecule has 2 rings (SSSR count). The molecule has 0 spiro atoms. The molecule has 0 aromatic heterocycles. The van der Waals surface area contributed by atoms with Gasteiger partial charge < -0.3 is 5.11 Å². The summed E-state index contributed by atoms with van der Waals surface area (Å²) in [6, 6.07) is 11.5. The Labute approximate surface area is 115 Å². The number of phenols is 1. The van der Waals surface area contributed by atoms with Crippen molar-refractivity contribution in [3.63, 3.8) is 0 Å². The van der Waals surface area contributed by atoms with E-state index in [1.807, 2.05) is 44.2 Å². The second-order valence-electron chi connectivity index (χ2n) is 4.23. The third kappa shape index (κ3) is 2.99. The van der Waals surface area contributed by atoms with Crippen LogP contribution in [0.1, 0.15) is 16.7 Å². The third-order valence-electron chi connectivity index (χ3n) is 2.81. The van der Waals surface area contributed by atoms with Gasteiger partial charge in [-0.25, -0.2) is 0 Å². The van der Waals surface area contributed by atoms with E-state index >= 15 is 0 Å². The van der Waals surface area contributed by atoms with Gasteiger partial charge in [0.25, 0.3) is 0 Å². The average molecular weight is 304 g/mol. The first-order valence-electron chi connectivity index (χ1n) is 5.66. The van der Waals surface area contributed by atoms with E-state index in [-0.39, 0.29) is 5.75 Å². The first kappa shape index (κ1) is 12.8. The lowest BCUT2D eigenvalue weighted by Crippen LogP contribution is -1.82. The summed E-state index contributed by atoms with van der Waals surface area (Å²) in [5, 5.41) is 9.82. The topological polar surface area (TPSA) is 32.6 Å². The number of rotatable bonds is 2. The highest BCUT2D eigenvalue weighted by atomic mass is 79.9. The molecule has 0 aliphatic rings. The van der Waals surface area contributed by atoms with Gasteiger partial charge in [-0.15, -0.1) is 0 Å². The molecule has 2 aromatic rings. The minimum Gasteiger partial charge on any atom is -0.506 e. The van der Waals surface area contributed by atoms with Crippen LogP contribution < -0.4 is 0 Å². The minimum atomic E-state index is 0.214. The average Bonchev–Trinajstić information content (AvgIpc) is 2.34. The van der Waals surface area contributed by atoms with Gasteiger partial charge in [0.15, 0.2) is 0 Å². The number of phenolic OH excluding ortho intramolecular Hbond substituents is 1. The van der Waals surface area contributed by atoms with Crippen LogP contribution in [0.2, 0.25) is 0 Å². The molecular weight excluding hydrogens is 290 g/mol. The van der Waals surface area contributed by atoms with Crippen LogP contribution in [0, 0.1) is 13.8 Å². The minimum absolute atomic E-state index is 0.214. The van der Waals surface area contributed by atoms with Crippen molar-refractivity contribution in [2.24, 2.45) is 4.99 Å². The summed E-state index contributed by atoms with van der Waals surface area (Å²) in [6.45, 7) is 3.98. The largest absolute Gasteiger partial charge is 0.506 e. The van der Waals surface area contributed by atoms with Gasteiger partial charge in [0.05, 0.1) is 0 Å². The summed E-state index contributed by atoms with van der Waals surface area (Å²) in [5.74, 6) is 0.214. The fourth-order valence-corrected chi connectivity index (χ4v) is 1.85. The first-order valence-corrected chi connectivity index (χ1v) is 6.45. The molecular formula is C15H14BrNO. The summed E-state index contributed by atoms with van der Waals surface area (Å²) < 4.78 is 1.04. The number of benzene rings is 2. The van der Waals surface area contributed by atoms with Crippen molar-refractivity contribution < 1.29 is 5.11 Å². The summed E-state index contributed by atoms with van der Waals surface area (Å²) in [4.78, 5) is 4.32. The maximum atomic E-state index is 9.82. The van der Waals surface area contributed by atoms with Crippen LogP contribution in [0.15, 0.2) is 45.9 Å². The molecule has 2 aromatic carbocycles. The summed E-state index contributed by atoms with van der Waals surface area (Å²) in [5.41, 5.74) is 3.78. The fraction of sp³-hybridized carbons (Fsp3) is 0.133. The summed E-state index contributed by atoms with van der Waals surface area (Å²) >= 11 is 3.39. The molecule has 0 saturated heterocycles. The Kier molecular flexibility index (Phi) is 3.82. The zero-order valence-electron chi connectivity index (χ0n) is 10.3. The standard InChI is InChI=1S/C15H14BrNO/c1-10-7-14(15(18)8-11(10)2)17-9-12-3-5-13(16)6-4-12/h3-9,18H,1-2H3. The smallest absolute Gasteiger partial charge is 0.141 e. The van der Waals surface area contributed by atoms with Gasteiger partial charge in [-0.3, -0.25) is 4.99 Å². The number of aliphatic imine (C=N–C) groups is 1. The molecule has 0 unspecified atom stereocenters. The number of nitrogens with zero attached hydrogens (tertiary/aromatic N) is 1. The van der Waals surface area contributed by atoms with Crippen LogP contribution in [-0.4, -0.2) is 11.3 Å². The van der Waals surface area contributed by atoms with Crippen molar-refractivity contribution in [1.82, 2.24) is 0 Å². The lowest BCUT2D eigenvalue weighted by atomic mass is 10.1. The molecule has 0 fully saturated rings. The van der Waals surface area contributed by atoms with E-state index in [0.29, 0.717) is 5.69 Å². The Morgan fingerprint density at radius 3 is 2.33 bits per heavy atom. The second kappa shape index (κ2) is 5.36. The highest BCUT2D eigenvalue weighted by molar-refractivity contribution is 9.10. The highest BCUT2D eigenvalue weighted by Gasteiger charge is 2.02. The molecule has 18 heavy (non-hydrogen) atoms. The van der Waals surface area contributed by atoms with Gasteiger partial charge in [0.1, 0.15) is 11.4 Å². The van der Waals surface area contributed by atoms with E-state index in [1.165, 1.54) is 0 Å². The molecule has 0 aliphatic carbocycles. The van der Waals surface area contributed by atoms with Crippen molar-refractivity contribution in [3.05, 3.63) is 57.6 Å². The number of halogens is 1. The van der Waals surface area contributed by atoms with E-state index in [9.17, 15) is 5.11 Å². The Morgan fingerprint density at radius 1 is 1.06 bits per heavy atom. The van der Waals surface area contributed by atoms with Crippen LogP contribution in [0.4, 0.5) is 5.69 Å².